The molecule has 1 atom stereocenters. The largest absolute Gasteiger partial charge is 0.489 e. The summed E-state index contributed by atoms with van der Waals surface area (Å²) in [5.74, 6) is -2.84. The van der Waals surface area contributed by atoms with Gasteiger partial charge in [0.1, 0.15) is 17.3 Å². The van der Waals surface area contributed by atoms with Gasteiger partial charge in [0.05, 0.1) is 30.3 Å². The minimum Gasteiger partial charge on any atom is -0.489 e. The molecule has 1 saturated carbocycles. The number of oxazole rings is 1. The van der Waals surface area contributed by atoms with Crippen LogP contribution in [0, 0.1) is 11.7 Å². The number of alkyl halides is 2. The predicted octanol–water partition coefficient (Wildman–Crippen LogP) is 4.94. The molecule has 0 saturated heterocycles. The van der Waals surface area contributed by atoms with Gasteiger partial charge in [-0.05, 0) is 56.0 Å². The summed E-state index contributed by atoms with van der Waals surface area (Å²) in [6, 6.07) is 7.08. The van der Waals surface area contributed by atoms with Crippen molar-refractivity contribution in [2.75, 3.05) is 6.61 Å². The molecule has 1 heterocycles. The normalized spacial score (nSPS) is 13.5. The molecular weight excluding hydrogens is 531 g/mol. The number of nitrogens with one attached hydrogen (secondary N) is 1. The Kier molecular flexibility index (Phi) is 9.23. The van der Waals surface area contributed by atoms with E-state index in [1.165, 1.54) is 24.3 Å². The molecule has 4 rings (SSSR count). The van der Waals surface area contributed by atoms with Gasteiger partial charge in [0.15, 0.2) is 11.5 Å². The molecule has 204 valence electrons. The highest BCUT2D eigenvalue weighted by Crippen LogP contribution is 2.37. The second kappa shape index (κ2) is 12.2. The van der Waals surface area contributed by atoms with Gasteiger partial charge in [0.25, 0.3) is 5.91 Å². The summed E-state index contributed by atoms with van der Waals surface area (Å²) < 4.78 is 56.1. The first-order chi connectivity index (χ1) is 17.6. The number of carboxylic acid groups (broad SMARTS) is 1. The van der Waals surface area contributed by atoms with E-state index >= 15 is 0 Å². The van der Waals surface area contributed by atoms with E-state index in [9.17, 15) is 22.8 Å². The van der Waals surface area contributed by atoms with Crippen LogP contribution in [-0.2, 0) is 6.54 Å². The summed E-state index contributed by atoms with van der Waals surface area (Å²) in [6.45, 7) is -1.24. The Balaban J connectivity index is 0.00000400. The summed E-state index contributed by atoms with van der Waals surface area (Å²) in [5, 5.41) is 11.6. The van der Waals surface area contributed by atoms with Crippen molar-refractivity contribution < 1.29 is 41.8 Å². The Hall–Kier alpha value is -3.77. The molecule has 0 unspecified atom stereocenters. The summed E-state index contributed by atoms with van der Waals surface area (Å²) >= 11 is 0. The van der Waals surface area contributed by atoms with Crippen LogP contribution in [-0.4, -0.2) is 35.2 Å². The number of rotatable bonds is 11. The molecule has 4 N–H and O–H groups in total. The Morgan fingerprint density at radius 3 is 2.55 bits per heavy atom. The molecule has 38 heavy (non-hydrogen) atoms. The molecule has 13 heteroatoms. The molecule has 1 aliphatic carbocycles. The number of amides is 1. The van der Waals surface area contributed by atoms with Crippen LogP contribution >= 0.6 is 12.4 Å². The first kappa shape index (κ1) is 28.8. The number of benzene rings is 2. The first-order valence-electron chi connectivity index (χ1n) is 11.4. The molecule has 9 nitrogen and oxygen atoms in total. The van der Waals surface area contributed by atoms with Crippen LogP contribution in [0.3, 0.4) is 0 Å². The predicted molar refractivity (Wildman–Crippen MR) is 131 cm³/mol. The zero-order valence-electron chi connectivity index (χ0n) is 20.1. The van der Waals surface area contributed by atoms with Gasteiger partial charge in [-0.3, -0.25) is 4.79 Å². The number of halogens is 4. The van der Waals surface area contributed by atoms with Crippen LogP contribution in [0.2, 0.25) is 0 Å². The van der Waals surface area contributed by atoms with Crippen molar-refractivity contribution in [2.45, 2.75) is 39.0 Å². The second-order valence-corrected chi connectivity index (χ2v) is 8.57. The van der Waals surface area contributed by atoms with Gasteiger partial charge in [-0.2, -0.15) is 8.78 Å². The maximum atomic E-state index is 14.4. The Morgan fingerprint density at radius 2 is 1.92 bits per heavy atom. The van der Waals surface area contributed by atoms with Crippen molar-refractivity contribution in [2.24, 2.45) is 11.7 Å². The van der Waals surface area contributed by atoms with E-state index in [4.69, 9.17) is 20.0 Å². The molecule has 1 amide bonds. The summed E-state index contributed by atoms with van der Waals surface area (Å²) in [6.07, 6.45) is 2.00. The van der Waals surface area contributed by atoms with Gasteiger partial charge in [0.2, 0.25) is 5.89 Å². The third-order valence-electron chi connectivity index (χ3n) is 5.61. The van der Waals surface area contributed by atoms with E-state index < -0.39 is 41.5 Å². The average molecular weight is 556 g/mol. The summed E-state index contributed by atoms with van der Waals surface area (Å²) in [7, 11) is 0. The number of hydrogen-bond donors (Lipinski definition) is 3. The number of nitrogens with two attached hydrogens (primary N) is 1. The molecule has 2 aromatic carbocycles. The van der Waals surface area contributed by atoms with Gasteiger partial charge < -0.3 is 30.0 Å². The topological polar surface area (TPSA) is 137 Å². The number of aromatic nitrogens is 1. The van der Waals surface area contributed by atoms with Crippen molar-refractivity contribution in [3.63, 3.8) is 0 Å². The SMILES string of the molecule is C[C@H](N)c1oc(-c2ccc(OC(F)F)c(OCC3CC3)c2)nc1CNC(=O)c1cccc(C(=O)O)c1F.Cl. The number of carboxylic acids is 1. The fourth-order valence-electron chi connectivity index (χ4n) is 3.54. The van der Waals surface area contributed by atoms with E-state index in [1.807, 2.05) is 0 Å². The molecule has 3 aromatic rings. The number of carbonyl (C=O) groups is 2. The monoisotopic (exact) mass is 555 g/mol. The van der Waals surface area contributed by atoms with E-state index in [-0.39, 0.29) is 47.8 Å². The van der Waals surface area contributed by atoms with E-state index in [2.05, 4.69) is 15.0 Å². The smallest absolute Gasteiger partial charge is 0.387 e. The molecular formula is C25H25ClF3N3O6. The molecule has 0 radical (unpaired) electrons. The van der Waals surface area contributed by atoms with Crippen LogP contribution in [0.4, 0.5) is 13.2 Å². The van der Waals surface area contributed by atoms with Gasteiger partial charge in [-0.1, -0.05) is 6.07 Å². The van der Waals surface area contributed by atoms with Crippen molar-refractivity contribution in [3.8, 4) is 23.0 Å². The lowest BCUT2D eigenvalue weighted by Crippen LogP contribution is -2.25. The summed E-state index contributed by atoms with van der Waals surface area (Å²) in [4.78, 5) is 28.1. The average Bonchev–Trinajstić information content (AvgIpc) is 3.57. The quantitative estimate of drug-likeness (QED) is 0.302. The zero-order chi connectivity index (χ0) is 26.7. The Labute approximate surface area is 221 Å². The van der Waals surface area contributed by atoms with Gasteiger partial charge in [-0.15, -0.1) is 12.4 Å². The Morgan fingerprint density at radius 1 is 1.21 bits per heavy atom. The number of carbonyl (C=O) groups excluding carboxylic acids is 1. The molecule has 1 aromatic heterocycles. The van der Waals surface area contributed by atoms with E-state index in [1.54, 1.807) is 6.92 Å². The fraction of sp³-hybridized carbons (Fsp3) is 0.320. The van der Waals surface area contributed by atoms with Crippen LogP contribution in [0.5, 0.6) is 11.5 Å². The minimum absolute atomic E-state index is 0. The highest BCUT2D eigenvalue weighted by atomic mass is 35.5. The molecule has 0 aliphatic heterocycles. The number of aromatic carboxylic acids is 1. The van der Waals surface area contributed by atoms with Crippen LogP contribution < -0.4 is 20.5 Å². The maximum absolute atomic E-state index is 14.4. The first-order valence-corrected chi connectivity index (χ1v) is 11.4. The number of nitrogens with zero attached hydrogens (tertiary/aromatic N) is 1. The van der Waals surface area contributed by atoms with Crippen LogP contribution in [0.15, 0.2) is 40.8 Å². The zero-order valence-corrected chi connectivity index (χ0v) is 20.9. The van der Waals surface area contributed by atoms with Crippen molar-refractivity contribution in [3.05, 3.63) is 64.8 Å². The lowest BCUT2D eigenvalue weighted by atomic mass is 10.1. The van der Waals surface area contributed by atoms with Crippen molar-refractivity contribution in [1.29, 1.82) is 0 Å². The third-order valence-corrected chi connectivity index (χ3v) is 5.61. The minimum atomic E-state index is -3.03. The highest BCUT2D eigenvalue weighted by Gasteiger charge is 2.25. The molecule has 1 aliphatic rings. The van der Waals surface area contributed by atoms with Crippen molar-refractivity contribution >= 4 is 24.3 Å². The van der Waals surface area contributed by atoms with Crippen LogP contribution in [0.1, 0.15) is 58.0 Å². The van der Waals surface area contributed by atoms with Crippen molar-refractivity contribution in [1.82, 2.24) is 10.3 Å². The van der Waals surface area contributed by atoms with Crippen LogP contribution in [0.25, 0.3) is 11.5 Å². The van der Waals surface area contributed by atoms with E-state index in [0.29, 0.717) is 18.1 Å². The maximum Gasteiger partial charge on any atom is 0.387 e. The lowest BCUT2D eigenvalue weighted by Gasteiger charge is -2.12. The highest BCUT2D eigenvalue weighted by molar-refractivity contribution is 5.97. The van der Waals surface area contributed by atoms with Gasteiger partial charge >= 0.3 is 12.6 Å². The second-order valence-electron chi connectivity index (χ2n) is 8.57. The fourth-order valence-corrected chi connectivity index (χ4v) is 3.54. The molecule has 0 spiro atoms. The number of hydrogen-bond acceptors (Lipinski definition) is 7. The lowest BCUT2D eigenvalue weighted by molar-refractivity contribution is -0.0515. The number of ether oxygens (including phenoxy) is 2. The standard InChI is InChI=1S/C25H24F3N3O6.ClH/c1-12(29)21-17(10-30-22(32)15-3-2-4-16(20(15)26)24(33)34)31-23(37-21)14-7-8-18(36-25(27)28)19(9-14)35-11-13-5-6-13;/h2-4,7-9,12-13,25H,5-6,10-11,29H2,1H3,(H,30,32)(H,33,34);1H/t12-;/m0./s1. The Bertz CT molecular complexity index is 1310. The van der Waals surface area contributed by atoms with E-state index in [0.717, 1.165) is 25.0 Å². The van der Waals surface area contributed by atoms with Gasteiger partial charge in [0, 0.05) is 5.56 Å². The summed E-state index contributed by atoms with van der Waals surface area (Å²) in [5.41, 5.74) is 5.57. The molecule has 0 bridgehead atoms. The molecule has 1 fully saturated rings. The third kappa shape index (κ3) is 6.75. The van der Waals surface area contributed by atoms with Gasteiger partial charge in [-0.25, -0.2) is 14.2 Å².